The second-order valence-corrected chi connectivity index (χ2v) is 7.53. The Morgan fingerprint density at radius 1 is 1.19 bits per heavy atom. The second-order valence-electron chi connectivity index (χ2n) is 7.53. The molecule has 2 fully saturated rings. The molecule has 5 nitrogen and oxygen atoms in total. The maximum Gasteiger partial charge on any atom is 0.251 e. The summed E-state index contributed by atoms with van der Waals surface area (Å²) in [5, 5.41) is 11.8. The number of carbonyl (C=O) groups is 1. The van der Waals surface area contributed by atoms with E-state index >= 15 is 0 Å². The van der Waals surface area contributed by atoms with Crippen LogP contribution in [-0.2, 0) is 0 Å². The molecule has 1 amide bonds. The van der Waals surface area contributed by atoms with Gasteiger partial charge in [0, 0.05) is 36.2 Å². The van der Waals surface area contributed by atoms with Gasteiger partial charge in [-0.3, -0.25) is 4.79 Å². The fourth-order valence-corrected chi connectivity index (χ4v) is 4.10. The minimum absolute atomic E-state index is 0.00123. The molecule has 0 spiro atoms. The number of anilines is 1. The van der Waals surface area contributed by atoms with Crippen molar-refractivity contribution in [1.82, 2.24) is 10.3 Å². The summed E-state index contributed by atoms with van der Waals surface area (Å²) in [5.74, 6) is 1.51. The number of pyridine rings is 1. The summed E-state index contributed by atoms with van der Waals surface area (Å²) in [6, 6.07) is 9.71. The molecule has 4 rings (SSSR count). The van der Waals surface area contributed by atoms with E-state index in [2.05, 4.69) is 10.2 Å². The monoisotopic (exact) mass is 350 g/mol. The van der Waals surface area contributed by atoms with E-state index in [4.69, 9.17) is 10.4 Å². The third-order valence-electron chi connectivity index (χ3n) is 5.63. The maximum atomic E-state index is 12.7. The van der Waals surface area contributed by atoms with Gasteiger partial charge in [-0.25, -0.2) is 4.98 Å². The van der Waals surface area contributed by atoms with Crippen molar-refractivity contribution in [2.45, 2.75) is 38.5 Å². The van der Waals surface area contributed by atoms with Crippen LogP contribution in [0.1, 0.15) is 48.9 Å². The van der Waals surface area contributed by atoms with Crippen LogP contribution in [0, 0.1) is 11.3 Å². The van der Waals surface area contributed by atoms with E-state index in [9.17, 15) is 4.79 Å². The standard InChI is InChI=1S/C21H26N4O/c22-16-11-12-25(14-16)20-10-9-17-18(7-4-8-19(17)24-20)21(26)23-13-15-5-2-1-3-6-15/h4,7-10,15,22H,1-3,5-6,11-14H2,(H,23,26). The highest BCUT2D eigenvalue weighted by molar-refractivity contribution is 6.06. The van der Waals surface area contributed by atoms with Crippen LogP contribution < -0.4 is 10.2 Å². The highest BCUT2D eigenvalue weighted by Crippen LogP contribution is 2.25. The molecule has 1 saturated carbocycles. The molecule has 0 unspecified atom stereocenters. The van der Waals surface area contributed by atoms with E-state index in [0.29, 0.717) is 18.0 Å². The first kappa shape index (κ1) is 17.0. The van der Waals surface area contributed by atoms with Gasteiger partial charge < -0.3 is 15.6 Å². The predicted octanol–water partition coefficient (Wildman–Crippen LogP) is 3.77. The molecule has 2 N–H and O–H groups in total. The lowest BCUT2D eigenvalue weighted by Crippen LogP contribution is -2.30. The summed E-state index contributed by atoms with van der Waals surface area (Å²) in [5.41, 5.74) is 2.29. The molecule has 1 aromatic heterocycles. The lowest BCUT2D eigenvalue weighted by molar-refractivity contribution is 0.0945. The van der Waals surface area contributed by atoms with Gasteiger partial charge in [-0.2, -0.15) is 0 Å². The zero-order chi connectivity index (χ0) is 17.9. The number of aromatic nitrogens is 1. The SMILES string of the molecule is N=C1CCN(c2ccc3c(C(=O)NCC4CCCCC4)cccc3n2)C1. The van der Waals surface area contributed by atoms with Crippen molar-refractivity contribution in [2.75, 3.05) is 24.5 Å². The van der Waals surface area contributed by atoms with Gasteiger partial charge in [-0.1, -0.05) is 25.3 Å². The summed E-state index contributed by atoms with van der Waals surface area (Å²) < 4.78 is 0. The van der Waals surface area contributed by atoms with Crippen LogP contribution in [0.5, 0.6) is 0 Å². The lowest BCUT2D eigenvalue weighted by atomic mass is 9.89. The lowest BCUT2D eigenvalue weighted by Gasteiger charge is -2.22. The summed E-state index contributed by atoms with van der Waals surface area (Å²) in [6.45, 7) is 2.27. The van der Waals surface area contributed by atoms with E-state index in [1.54, 1.807) is 0 Å². The fourth-order valence-electron chi connectivity index (χ4n) is 4.10. The average molecular weight is 350 g/mol. The number of amides is 1. The van der Waals surface area contributed by atoms with Crippen LogP contribution in [0.25, 0.3) is 10.9 Å². The molecule has 1 aromatic carbocycles. The molecule has 2 aromatic rings. The van der Waals surface area contributed by atoms with Crippen molar-refractivity contribution >= 4 is 28.3 Å². The third kappa shape index (κ3) is 3.57. The molecule has 0 atom stereocenters. The molecule has 0 radical (unpaired) electrons. The first-order valence-electron chi connectivity index (χ1n) is 9.70. The minimum Gasteiger partial charge on any atom is -0.352 e. The Kier molecular flexibility index (Phi) is 4.87. The number of hydrogen-bond acceptors (Lipinski definition) is 4. The van der Waals surface area contributed by atoms with E-state index in [-0.39, 0.29) is 5.91 Å². The minimum atomic E-state index is -0.00123. The van der Waals surface area contributed by atoms with Gasteiger partial charge in [-0.15, -0.1) is 0 Å². The molecular weight excluding hydrogens is 324 g/mol. The van der Waals surface area contributed by atoms with Gasteiger partial charge in [0.2, 0.25) is 0 Å². The summed E-state index contributed by atoms with van der Waals surface area (Å²) in [4.78, 5) is 19.6. The quantitative estimate of drug-likeness (QED) is 0.882. The Morgan fingerprint density at radius 3 is 2.81 bits per heavy atom. The van der Waals surface area contributed by atoms with Gasteiger partial charge in [0.1, 0.15) is 5.82 Å². The topological polar surface area (TPSA) is 69.1 Å². The van der Waals surface area contributed by atoms with E-state index < -0.39 is 0 Å². The van der Waals surface area contributed by atoms with Crippen molar-refractivity contribution in [3.63, 3.8) is 0 Å². The normalized spacial score (nSPS) is 18.5. The summed E-state index contributed by atoms with van der Waals surface area (Å²) >= 11 is 0. The van der Waals surface area contributed by atoms with Crippen LogP contribution in [0.4, 0.5) is 5.82 Å². The first-order chi connectivity index (χ1) is 12.7. The number of fused-ring (bicyclic) bond motifs is 1. The largest absolute Gasteiger partial charge is 0.352 e. The van der Waals surface area contributed by atoms with Crippen molar-refractivity contribution in [2.24, 2.45) is 5.92 Å². The van der Waals surface area contributed by atoms with Crippen LogP contribution in [0.2, 0.25) is 0 Å². The zero-order valence-electron chi connectivity index (χ0n) is 15.1. The number of nitrogens with one attached hydrogen (secondary N) is 2. The van der Waals surface area contributed by atoms with Gasteiger partial charge in [0.15, 0.2) is 0 Å². The third-order valence-corrected chi connectivity index (χ3v) is 5.63. The first-order valence-corrected chi connectivity index (χ1v) is 9.70. The van der Waals surface area contributed by atoms with Crippen molar-refractivity contribution in [3.05, 3.63) is 35.9 Å². The zero-order valence-corrected chi connectivity index (χ0v) is 15.1. The smallest absolute Gasteiger partial charge is 0.251 e. The van der Waals surface area contributed by atoms with Crippen LogP contribution in [0.15, 0.2) is 30.3 Å². The number of rotatable bonds is 4. The van der Waals surface area contributed by atoms with Gasteiger partial charge in [-0.05, 0) is 43.0 Å². The molecule has 1 aliphatic heterocycles. The van der Waals surface area contributed by atoms with Crippen LogP contribution in [-0.4, -0.2) is 36.2 Å². The Morgan fingerprint density at radius 2 is 2.04 bits per heavy atom. The van der Waals surface area contributed by atoms with E-state index in [0.717, 1.165) is 41.9 Å². The summed E-state index contributed by atoms with van der Waals surface area (Å²) in [6.07, 6.45) is 7.17. The summed E-state index contributed by atoms with van der Waals surface area (Å²) in [7, 11) is 0. The molecule has 5 heteroatoms. The average Bonchev–Trinajstić information content (AvgIpc) is 3.12. The number of nitrogens with zero attached hydrogens (tertiary/aromatic N) is 2. The van der Waals surface area contributed by atoms with Gasteiger partial charge >= 0.3 is 0 Å². The molecule has 2 heterocycles. The Labute approximate surface area is 154 Å². The second kappa shape index (κ2) is 7.44. The number of hydrogen-bond donors (Lipinski definition) is 2. The molecule has 26 heavy (non-hydrogen) atoms. The van der Waals surface area contributed by atoms with Gasteiger partial charge in [0.05, 0.1) is 12.1 Å². The van der Waals surface area contributed by atoms with Crippen LogP contribution in [0.3, 0.4) is 0 Å². The molecule has 1 aliphatic carbocycles. The number of carbonyl (C=O) groups excluding carboxylic acids is 1. The molecule has 2 aliphatic rings. The van der Waals surface area contributed by atoms with E-state index in [1.165, 1.54) is 32.1 Å². The van der Waals surface area contributed by atoms with Crippen molar-refractivity contribution in [1.29, 1.82) is 5.41 Å². The van der Waals surface area contributed by atoms with Crippen molar-refractivity contribution in [3.8, 4) is 0 Å². The fraction of sp³-hybridized carbons (Fsp3) is 0.476. The predicted molar refractivity (Wildman–Crippen MR) is 105 cm³/mol. The highest BCUT2D eigenvalue weighted by atomic mass is 16.1. The van der Waals surface area contributed by atoms with Crippen LogP contribution >= 0.6 is 0 Å². The molecule has 136 valence electrons. The van der Waals surface area contributed by atoms with E-state index in [1.807, 2.05) is 30.3 Å². The molecule has 0 bridgehead atoms. The van der Waals surface area contributed by atoms with Gasteiger partial charge in [0.25, 0.3) is 5.91 Å². The Balaban J connectivity index is 1.51. The Bertz CT molecular complexity index is 826. The molecule has 1 saturated heterocycles. The highest BCUT2D eigenvalue weighted by Gasteiger charge is 2.19. The van der Waals surface area contributed by atoms with Crippen molar-refractivity contribution < 1.29 is 4.79 Å². The number of benzene rings is 1. The maximum absolute atomic E-state index is 12.7. The molecular formula is C21H26N4O. The Hall–Kier alpha value is -2.43.